The smallest absolute Gasteiger partial charge is 0.416 e. The van der Waals surface area contributed by atoms with E-state index < -0.39 is 40.1 Å². The summed E-state index contributed by atoms with van der Waals surface area (Å²) in [5.41, 5.74) is -3.29. The Balaban J connectivity index is 2.28. The third kappa shape index (κ3) is 5.35. The molecule has 0 aromatic heterocycles. The second-order valence-corrected chi connectivity index (χ2v) is 6.13. The number of phenolic OH excluding ortho intramolecular Hbond substituents is 1. The number of carbonyl (C=O) groups excluding carboxylic acids is 1. The molecule has 0 saturated heterocycles. The molecule has 150 valence electrons. The van der Waals surface area contributed by atoms with Gasteiger partial charge in [-0.1, -0.05) is 6.07 Å². The van der Waals surface area contributed by atoms with Crippen LogP contribution in [0.15, 0.2) is 36.4 Å². The highest BCUT2D eigenvalue weighted by molar-refractivity contribution is 7.80. The van der Waals surface area contributed by atoms with Crippen LogP contribution in [0.3, 0.4) is 0 Å². The maximum atomic E-state index is 12.9. The van der Waals surface area contributed by atoms with E-state index in [1.807, 2.05) is 5.32 Å². The molecular weight excluding hydrogens is 410 g/mol. The first-order valence-electron chi connectivity index (χ1n) is 7.49. The Bertz CT molecular complexity index is 893. The largest absolute Gasteiger partial charge is 0.506 e. The maximum absolute atomic E-state index is 12.9. The zero-order chi connectivity index (χ0) is 21.3. The first-order valence-corrected chi connectivity index (χ1v) is 7.89. The van der Waals surface area contributed by atoms with Gasteiger partial charge >= 0.3 is 12.4 Å². The maximum Gasteiger partial charge on any atom is 0.416 e. The second-order valence-electron chi connectivity index (χ2n) is 5.72. The number of aryl methyl sites for hydroxylation is 1. The molecule has 11 heteroatoms. The quantitative estimate of drug-likeness (QED) is 0.367. The Labute approximate surface area is 160 Å². The number of amides is 1. The standard InChI is InChI=1S/C17H12F6N2O2S/c1-8-2-3-13(26)12(4-8)24-15(28)25-14(27)9-5-10(16(18,19)20)7-11(6-9)17(21,22)23/h2-7,26H,1H3,(H2,24,25,27,28). The molecule has 0 atom stereocenters. The number of rotatable bonds is 2. The van der Waals surface area contributed by atoms with Crippen molar-refractivity contribution in [3.8, 4) is 5.75 Å². The number of alkyl halides is 6. The lowest BCUT2D eigenvalue weighted by atomic mass is 10.0. The number of aromatic hydroxyl groups is 1. The summed E-state index contributed by atoms with van der Waals surface area (Å²) in [5, 5.41) is 13.7. The summed E-state index contributed by atoms with van der Waals surface area (Å²) < 4.78 is 77.2. The van der Waals surface area contributed by atoms with Crippen LogP contribution in [0.25, 0.3) is 0 Å². The number of benzene rings is 2. The summed E-state index contributed by atoms with van der Waals surface area (Å²) in [6.45, 7) is 1.70. The molecule has 4 nitrogen and oxygen atoms in total. The van der Waals surface area contributed by atoms with E-state index in [1.54, 1.807) is 13.0 Å². The topological polar surface area (TPSA) is 61.4 Å². The van der Waals surface area contributed by atoms with Crippen molar-refractivity contribution in [2.45, 2.75) is 19.3 Å². The second kappa shape index (κ2) is 7.66. The van der Waals surface area contributed by atoms with Gasteiger partial charge in [0.2, 0.25) is 0 Å². The Kier molecular flexibility index (Phi) is 5.88. The van der Waals surface area contributed by atoms with Crippen LogP contribution in [-0.4, -0.2) is 16.1 Å². The van der Waals surface area contributed by atoms with Crippen LogP contribution in [0.1, 0.15) is 27.0 Å². The highest BCUT2D eigenvalue weighted by Gasteiger charge is 2.37. The molecule has 0 radical (unpaired) electrons. The molecule has 28 heavy (non-hydrogen) atoms. The highest BCUT2D eigenvalue weighted by atomic mass is 32.1. The average Bonchev–Trinajstić information content (AvgIpc) is 2.56. The molecule has 2 aromatic carbocycles. The van der Waals surface area contributed by atoms with Crippen molar-refractivity contribution in [3.05, 3.63) is 58.7 Å². The molecule has 0 aliphatic rings. The van der Waals surface area contributed by atoms with Crippen LogP contribution < -0.4 is 10.6 Å². The van der Waals surface area contributed by atoms with Crippen LogP contribution in [-0.2, 0) is 12.4 Å². The van der Waals surface area contributed by atoms with Gasteiger partial charge in [0.05, 0.1) is 16.8 Å². The monoisotopic (exact) mass is 422 g/mol. The van der Waals surface area contributed by atoms with E-state index in [0.29, 0.717) is 0 Å². The zero-order valence-corrected chi connectivity index (χ0v) is 14.8. The number of nitrogens with one attached hydrogen (secondary N) is 2. The molecule has 0 bridgehead atoms. The molecule has 2 aromatic rings. The van der Waals surface area contributed by atoms with Gasteiger partial charge in [0.25, 0.3) is 5.91 Å². The number of hydrogen-bond acceptors (Lipinski definition) is 3. The summed E-state index contributed by atoms with van der Waals surface area (Å²) in [5.74, 6) is -1.50. The fourth-order valence-electron chi connectivity index (χ4n) is 2.16. The Morgan fingerprint density at radius 1 is 0.964 bits per heavy atom. The molecule has 3 N–H and O–H groups in total. The summed E-state index contributed by atoms with van der Waals surface area (Å²) in [7, 11) is 0. The first-order chi connectivity index (χ1) is 12.8. The van der Waals surface area contributed by atoms with Crippen LogP contribution in [0, 0.1) is 6.92 Å². The van der Waals surface area contributed by atoms with Gasteiger partial charge in [-0.05, 0) is 55.0 Å². The van der Waals surface area contributed by atoms with Crippen LogP contribution in [0.2, 0.25) is 0 Å². The van der Waals surface area contributed by atoms with E-state index in [1.165, 1.54) is 12.1 Å². The third-order valence-corrected chi connectivity index (χ3v) is 3.68. The number of carbonyl (C=O) groups is 1. The van der Waals surface area contributed by atoms with E-state index in [4.69, 9.17) is 12.2 Å². The Hall–Kier alpha value is -2.82. The van der Waals surface area contributed by atoms with Gasteiger partial charge < -0.3 is 10.4 Å². The van der Waals surface area contributed by atoms with Gasteiger partial charge in [-0.15, -0.1) is 0 Å². The predicted octanol–water partition coefficient (Wildman–Crippen LogP) is 4.87. The van der Waals surface area contributed by atoms with Gasteiger partial charge in [-0.25, -0.2) is 0 Å². The molecule has 0 heterocycles. The molecule has 2 rings (SSSR count). The van der Waals surface area contributed by atoms with Crippen molar-refractivity contribution in [3.63, 3.8) is 0 Å². The molecule has 0 aliphatic carbocycles. The molecule has 0 aliphatic heterocycles. The molecule has 1 amide bonds. The fourth-order valence-corrected chi connectivity index (χ4v) is 2.37. The van der Waals surface area contributed by atoms with Crippen molar-refractivity contribution in [1.82, 2.24) is 5.32 Å². The van der Waals surface area contributed by atoms with Crippen LogP contribution >= 0.6 is 12.2 Å². The number of hydrogen-bond donors (Lipinski definition) is 3. The summed E-state index contributed by atoms with van der Waals surface area (Å²) >= 11 is 4.83. The van der Waals surface area contributed by atoms with E-state index in [0.717, 1.165) is 5.56 Å². The number of anilines is 1. The average molecular weight is 422 g/mol. The zero-order valence-electron chi connectivity index (χ0n) is 14.0. The van der Waals surface area contributed by atoms with Gasteiger partial charge in [0.15, 0.2) is 5.11 Å². The summed E-state index contributed by atoms with van der Waals surface area (Å²) in [6, 6.07) is 4.89. The van der Waals surface area contributed by atoms with Crippen molar-refractivity contribution in [2.24, 2.45) is 0 Å². The molecular formula is C17H12F6N2O2S. The van der Waals surface area contributed by atoms with E-state index in [2.05, 4.69) is 5.32 Å². The lowest BCUT2D eigenvalue weighted by Crippen LogP contribution is -2.34. The van der Waals surface area contributed by atoms with Crippen LogP contribution in [0.4, 0.5) is 32.0 Å². The minimum absolute atomic E-state index is 0.0852. The van der Waals surface area contributed by atoms with E-state index in [9.17, 15) is 36.2 Å². The van der Waals surface area contributed by atoms with Crippen LogP contribution in [0.5, 0.6) is 5.75 Å². The lowest BCUT2D eigenvalue weighted by molar-refractivity contribution is -0.143. The first kappa shape index (κ1) is 21.5. The minimum Gasteiger partial charge on any atom is -0.506 e. The van der Waals surface area contributed by atoms with Crippen molar-refractivity contribution in [1.29, 1.82) is 0 Å². The normalized spacial score (nSPS) is 11.8. The molecule has 0 unspecified atom stereocenters. The molecule has 0 spiro atoms. The predicted molar refractivity (Wildman–Crippen MR) is 93.0 cm³/mol. The number of halogens is 6. The van der Waals surface area contributed by atoms with Crippen molar-refractivity contribution in [2.75, 3.05) is 5.32 Å². The van der Waals surface area contributed by atoms with Gasteiger partial charge in [0.1, 0.15) is 5.75 Å². The lowest BCUT2D eigenvalue weighted by Gasteiger charge is -2.15. The molecule has 0 saturated carbocycles. The SMILES string of the molecule is Cc1ccc(O)c(NC(=S)NC(=O)c2cc(C(F)(F)F)cc(C(F)(F)F)c2)c1. The van der Waals surface area contributed by atoms with Gasteiger partial charge in [0, 0.05) is 5.56 Å². The fraction of sp³-hybridized carbons (Fsp3) is 0.176. The van der Waals surface area contributed by atoms with Gasteiger partial charge in [-0.2, -0.15) is 26.3 Å². The Morgan fingerprint density at radius 3 is 2.00 bits per heavy atom. The van der Waals surface area contributed by atoms with E-state index >= 15 is 0 Å². The number of phenols is 1. The highest BCUT2D eigenvalue weighted by Crippen LogP contribution is 2.36. The molecule has 0 fully saturated rings. The van der Waals surface area contributed by atoms with Gasteiger partial charge in [-0.3, -0.25) is 10.1 Å². The number of thiocarbonyl (C=S) groups is 1. The van der Waals surface area contributed by atoms with E-state index in [-0.39, 0.29) is 29.6 Å². The van der Waals surface area contributed by atoms with Crippen molar-refractivity contribution < 1.29 is 36.2 Å². The van der Waals surface area contributed by atoms with Crippen molar-refractivity contribution >= 4 is 28.9 Å². The third-order valence-electron chi connectivity index (χ3n) is 3.48. The summed E-state index contributed by atoms with van der Waals surface area (Å²) in [4.78, 5) is 12.1. The summed E-state index contributed by atoms with van der Waals surface area (Å²) in [6.07, 6.45) is -10.2. The minimum atomic E-state index is -5.08. The Morgan fingerprint density at radius 2 is 1.50 bits per heavy atom.